The molecular formula is C19H18N4OS. The molecule has 0 bridgehead atoms. The fraction of sp³-hybridized carbons (Fsp3) is 0.211. The number of aromatic amines is 1. The van der Waals surface area contributed by atoms with Crippen LogP contribution in [0.5, 0.6) is 0 Å². The number of rotatable bonds is 4. The number of aromatic nitrogens is 4. The molecule has 25 heavy (non-hydrogen) atoms. The quantitative estimate of drug-likeness (QED) is 0.603. The number of nitrogens with zero attached hydrogens (tertiary/aromatic N) is 3. The van der Waals surface area contributed by atoms with Gasteiger partial charge in [-0.05, 0) is 35.1 Å². The first-order chi connectivity index (χ1) is 12.1. The minimum absolute atomic E-state index is 0.159. The van der Waals surface area contributed by atoms with E-state index >= 15 is 0 Å². The van der Waals surface area contributed by atoms with E-state index in [0.29, 0.717) is 11.6 Å². The highest BCUT2D eigenvalue weighted by Crippen LogP contribution is 2.28. The molecule has 0 saturated heterocycles. The summed E-state index contributed by atoms with van der Waals surface area (Å²) in [4.78, 5) is 24.1. The second-order valence-electron chi connectivity index (χ2n) is 6.40. The smallest absolute Gasteiger partial charge is 0.274 e. The number of benzene rings is 1. The summed E-state index contributed by atoms with van der Waals surface area (Å²) < 4.78 is 2.11. The van der Waals surface area contributed by atoms with E-state index in [1.807, 2.05) is 35.4 Å². The monoisotopic (exact) mass is 350 g/mol. The molecule has 0 radical (unpaired) electrons. The van der Waals surface area contributed by atoms with Gasteiger partial charge in [-0.2, -0.15) is 11.3 Å². The number of thiophene rings is 1. The van der Waals surface area contributed by atoms with Crippen molar-refractivity contribution in [3.63, 3.8) is 0 Å². The van der Waals surface area contributed by atoms with Crippen LogP contribution in [0.25, 0.3) is 22.3 Å². The Balaban J connectivity index is 1.87. The molecule has 0 fully saturated rings. The van der Waals surface area contributed by atoms with Gasteiger partial charge in [0.05, 0.1) is 23.4 Å². The van der Waals surface area contributed by atoms with Crippen molar-refractivity contribution in [2.45, 2.75) is 19.9 Å². The second kappa shape index (κ2) is 6.29. The van der Waals surface area contributed by atoms with Crippen molar-refractivity contribution in [3.8, 4) is 11.3 Å². The Kier molecular flexibility index (Phi) is 3.97. The normalized spacial score (nSPS) is 12.8. The number of imidazole rings is 1. The Hall–Kier alpha value is -2.73. The average Bonchev–Trinajstić information content (AvgIpc) is 3.28. The Labute approximate surface area is 149 Å². The maximum atomic E-state index is 12.3. The lowest BCUT2D eigenvalue weighted by Gasteiger charge is -2.23. The van der Waals surface area contributed by atoms with E-state index in [1.165, 1.54) is 0 Å². The van der Waals surface area contributed by atoms with Crippen LogP contribution in [0, 0.1) is 5.92 Å². The summed E-state index contributed by atoms with van der Waals surface area (Å²) in [7, 11) is 0. The zero-order valence-electron chi connectivity index (χ0n) is 14.0. The summed E-state index contributed by atoms with van der Waals surface area (Å²) in [5.74, 6) is 0.394. The van der Waals surface area contributed by atoms with E-state index in [-0.39, 0.29) is 11.6 Å². The summed E-state index contributed by atoms with van der Waals surface area (Å²) in [5.41, 5.74) is 3.86. The van der Waals surface area contributed by atoms with Gasteiger partial charge in [0.2, 0.25) is 0 Å². The molecule has 0 aliphatic carbocycles. The van der Waals surface area contributed by atoms with E-state index < -0.39 is 0 Å². The molecule has 3 aromatic heterocycles. The van der Waals surface area contributed by atoms with Gasteiger partial charge in [0.15, 0.2) is 0 Å². The van der Waals surface area contributed by atoms with Gasteiger partial charge in [-0.15, -0.1) is 0 Å². The van der Waals surface area contributed by atoms with E-state index in [2.05, 4.69) is 45.5 Å². The predicted molar refractivity (Wildman–Crippen MR) is 101 cm³/mol. The van der Waals surface area contributed by atoms with Gasteiger partial charge in [0, 0.05) is 23.3 Å². The van der Waals surface area contributed by atoms with Crippen LogP contribution >= 0.6 is 11.3 Å². The first-order valence-corrected chi connectivity index (χ1v) is 9.12. The molecule has 1 N–H and O–H groups in total. The molecule has 5 nitrogen and oxygen atoms in total. The lowest BCUT2D eigenvalue weighted by atomic mass is 9.95. The van der Waals surface area contributed by atoms with Gasteiger partial charge < -0.3 is 9.55 Å². The largest absolute Gasteiger partial charge is 0.330 e. The molecule has 4 aromatic rings. The van der Waals surface area contributed by atoms with E-state index in [1.54, 1.807) is 17.5 Å². The van der Waals surface area contributed by atoms with Gasteiger partial charge in [-0.25, -0.2) is 9.97 Å². The number of nitrogens with one attached hydrogen (secondary N) is 1. The third-order valence-electron chi connectivity index (χ3n) is 4.33. The molecule has 1 atom stereocenters. The van der Waals surface area contributed by atoms with Crippen molar-refractivity contribution in [2.24, 2.45) is 5.92 Å². The van der Waals surface area contributed by atoms with Crippen LogP contribution in [-0.2, 0) is 0 Å². The highest BCUT2D eigenvalue weighted by Gasteiger charge is 2.18. The topological polar surface area (TPSA) is 63.6 Å². The highest BCUT2D eigenvalue weighted by atomic mass is 32.1. The fourth-order valence-corrected chi connectivity index (χ4v) is 3.85. The molecule has 1 aromatic carbocycles. The maximum Gasteiger partial charge on any atom is 0.274 e. The minimum atomic E-state index is -0.159. The fourth-order valence-electron chi connectivity index (χ4n) is 3.21. The molecule has 6 heteroatoms. The maximum absolute atomic E-state index is 12.3. The summed E-state index contributed by atoms with van der Waals surface area (Å²) in [6.07, 6.45) is 5.61. The average molecular weight is 350 g/mol. The number of fused-ring (bicyclic) bond motifs is 1. The molecule has 0 aliphatic heterocycles. The van der Waals surface area contributed by atoms with Crippen LogP contribution in [0.4, 0.5) is 0 Å². The van der Waals surface area contributed by atoms with Crippen LogP contribution in [-0.4, -0.2) is 19.5 Å². The molecule has 126 valence electrons. The van der Waals surface area contributed by atoms with Crippen LogP contribution < -0.4 is 5.56 Å². The number of hydrogen-bond acceptors (Lipinski definition) is 4. The van der Waals surface area contributed by atoms with Gasteiger partial charge in [0.1, 0.15) is 5.69 Å². The van der Waals surface area contributed by atoms with Crippen LogP contribution in [0.2, 0.25) is 0 Å². The zero-order valence-corrected chi connectivity index (χ0v) is 14.8. The lowest BCUT2D eigenvalue weighted by molar-refractivity contribution is 0.437. The molecule has 0 spiro atoms. The van der Waals surface area contributed by atoms with E-state index in [9.17, 15) is 4.79 Å². The lowest BCUT2D eigenvalue weighted by Crippen LogP contribution is -2.16. The third-order valence-corrected chi connectivity index (χ3v) is 5.01. The van der Waals surface area contributed by atoms with Crippen molar-refractivity contribution in [1.29, 1.82) is 0 Å². The van der Waals surface area contributed by atoms with E-state index in [4.69, 9.17) is 0 Å². The number of hydrogen-bond donors (Lipinski definition) is 1. The van der Waals surface area contributed by atoms with Crippen LogP contribution in [0.3, 0.4) is 0 Å². The highest BCUT2D eigenvalue weighted by molar-refractivity contribution is 7.08. The molecule has 3 heterocycles. The summed E-state index contributed by atoms with van der Waals surface area (Å²) >= 11 is 1.56. The van der Waals surface area contributed by atoms with Gasteiger partial charge in [-0.3, -0.25) is 4.79 Å². The van der Waals surface area contributed by atoms with Gasteiger partial charge in [0.25, 0.3) is 5.56 Å². The molecular weight excluding hydrogens is 332 g/mol. The standard InChI is InChI=1S/C19H18N4OS/c1-12(2)18(23-7-6-20-11-23)13-3-4-15-16(9-13)21-17(19(24)22-15)14-5-8-25-10-14/h3-12,18H,1-2H3,(H,22,24). The minimum Gasteiger partial charge on any atom is -0.330 e. The van der Waals surface area contributed by atoms with Crippen molar-refractivity contribution in [1.82, 2.24) is 19.5 Å². The SMILES string of the molecule is CC(C)C(c1ccc2[nH]c(=O)c(-c3ccsc3)nc2c1)n1ccnc1. The molecule has 0 aliphatic rings. The Morgan fingerprint density at radius 2 is 2.12 bits per heavy atom. The molecule has 4 rings (SSSR count). The van der Waals surface area contributed by atoms with Crippen molar-refractivity contribution in [3.05, 3.63) is 69.7 Å². The van der Waals surface area contributed by atoms with Crippen LogP contribution in [0.1, 0.15) is 25.5 Å². The molecule has 1 unspecified atom stereocenters. The summed E-state index contributed by atoms with van der Waals surface area (Å²) in [6, 6.07) is 8.13. The Bertz CT molecular complexity index is 1050. The van der Waals surface area contributed by atoms with Crippen molar-refractivity contribution >= 4 is 22.4 Å². The zero-order chi connectivity index (χ0) is 17.4. The Morgan fingerprint density at radius 3 is 2.80 bits per heavy atom. The van der Waals surface area contributed by atoms with Gasteiger partial charge in [-0.1, -0.05) is 19.9 Å². The summed E-state index contributed by atoms with van der Waals surface area (Å²) in [6.45, 7) is 4.37. The first-order valence-electron chi connectivity index (χ1n) is 8.17. The Morgan fingerprint density at radius 1 is 1.24 bits per heavy atom. The third kappa shape index (κ3) is 2.89. The van der Waals surface area contributed by atoms with Crippen LogP contribution in [0.15, 0.2) is 58.5 Å². The van der Waals surface area contributed by atoms with Gasteiger partial charge >= 0.3 is 0 Å². The summed E-state index contributed by atoms with van der Waals surface area (Å²) in [5, 5.41) is 3.89. The van der Waals surface area contributed by atoms with Crippen molar-refractivity contribution in [2.75, 3.05) is 0 Å². The molecule has 0 amide bonds. The van der Waals surface area contributed by atoms with E-state index in [0.717, 1.165) is 22.2 Å². The number of H-pyrrole nitrogens is 1. The predicted octanol–water partition coefficient (Wildman–Crippen LogP) is 4.09. The molecule has 0 saturated carbocycles. The second-order valence-corrected chi connectivity index (χ2v) is 7.18. The van der Waals surface area contributed by atoms with Crippen molar-refractivity contribution < 1.29 is 0 Å². The first kappa shape index (κ1) is 15.8.